The molecule has 0 aromatic heterocycles. The molecule has 0 aliphatic carbocycles. The van der Waals surface area contributed by atoms with E-state index < -0.39 is 18.0 Å². The molecule has 9 heteroatoms. The van der Waals surface area contributed by atoms with Crippen molar-refractivity contribution < 1.29 is 19.8 Å². The molecule has 0 aromatic carbocycles. The van der Waals surface area contributed by atoms with E-state index in [-0.39, 0.29) is 18.4 Å². The first-order valence-corrected chi connectivity index (χ1v) is 4.53. The number of carbonyl (C=O) groups is 2. The Kier molecular flexibility index (Phi) is 15.3. The molecule has 0 bridgehead atoms. The van der Waals surface area contributed by atoms with Crippen molar-refractivity contribution in [2.75, 3.05) is 6.54 Å². The van der Waals surface area contributed by atoms with Crippen LogP contribution in [0.4, 0.5) is 0 Å². The number of carboxylic acids is 2. The summed E-state index contributed by atoms with van der Waals surface area (Å²) in [6.45, 7) is 1.57. The molecule has 0 rings (SSSR count). The van der Waals surface area contributed by atoms with E-state index in [1.165, 1.54) is 0 Å². The van der Waals surface area contributed by atoms with Crippen LogP contribution in [0.15, 0.2) is 0 Å². The normalized spacial score (nSPS) is 10.0. The van der Waals surface area contributed by atoms with Gasteiger partial charge in [-0.1, -0.05) is 0 Å². The number of nitrogens with one attached hydrogen (secondary N) is 2. The number of carboxylic acid groups (broad SMARTS) is 2. The quantitative estimate of drug-likeness (QED) is 0.216. The Hall–Kier alpha value is -1.54. The minimum Gasteiger partial charge on any atom is -0.481 e. The number of guanidine groups is 1. The standard InChI is InChI=1S/C6H14N4O2.C2H4O2.ClH/c7-4(5(11)12)2-1-3-10-6(8)9;1-2(3)4;/h4H,1-3,7H2,(H,11,12)(H4,8,9,10);1H3,(H,3,4);1H. The predicted octanol–water partition coefficient (Wildman–Crippen LogP) is -0.826. The van der Waals surface area contributed by atoms with E-state index in [1.807, 2.05) is 0 Å². The number of aliphatic carboxylic acids is 2. The van der Waals surface area contributed by atoms with E-state index >= 15 is 0 Å². The first-order valence-electron chi connectivity index (χ1n) is 4.53. The van der Waals surface area contributed by atoms with Gasteiger partial charge in [0, 0.05) is 13.5 Å². The van der Waals surface area contributed by atoms with Crippen LogP contribution in [0.3, 0.4) is 0 Å². The lowest BCUT2D eigenvalue weighted by molar-refractivity contribution is -0.138. The molecule has 0 aromatic rings. The zero-order valence-electron chi connectivity index (χ0n) is 9.47. The summed E-state index contributed by atoms with van der Waals surface area (Å²) in [5.41, 5.74) is 10.2. The lowest BCUT2D eigenvalue weighted by Gasteiger charge is -2.06. The number of rotatable bonds is 5. The molecule has 17 heavy (non-hydrogen) atoms. The van der Waals surface area contributed by atoms with Gasteiger partial charge in [0.2, 0.25) is 0 Å². The molecule has 8 nitrogen and oxygen atoms in total. The average molecular weight is 271 g/mol. The second-order valence-electron chi connectivity index (χ2n) is 2.95. The monoisotopic (exact) mass is 270 g/mol. The third-order valence-corrected chi connectivity index (χ3v) is 1.32. The third-order valence-electron chi connectivity index (χ3n) is 1.32. The summed E-state index contributed by atoms with van der Waals surface area (Å²) in [4.78, 5) is 19.2. The largest absolute Gasteiger partial charge is 0.481 e. The van der Waals surface area contributed by atoms with Crippen LogP contribution in [-0.4, -0.2) is 40.7 Å². The second kappa shape index (κ2) is 12.5. The molecular weight excluding hydrogens is 252 g/mol. The number of hydrogen-bond donors (Lipinski definition) is 6. The maximum atomic E-state index is 10.2. The average Bonchev–Trinajstić information content (AvgIpc) is 2.10. The van der Waals surface area contributed by atoms with Crippen molar-refractivity contribution in [3.8, 4) is 0 Å². The van der Waals surface area contributed by atoms with Crippen LogP contribution in [0.1, 0.15) is 19.8 Å². The number of nitrogens with two attached hydrogens (primary N) is 2. The van der Waals surface area contributed by atoms with Crippen molar-refractivity contribution >= 4 is 30.3 Å². The Bertz CT molecular complexity index is 246. The van der Waals surface area contributed by atoms with Gasteiger partial charge in [0.1, 0.15) is 6.04 Å². The summed E-state index contributed by atoms with van der Waals surface area (Å²) in [6.07, 6.45) is 0.975. The van der Waals surface area contributed by atoms with Gasteiger partial charge in [0.05, 0.1) is 0 Å². The molecule has 1 atom stereocenters. The van der Waals surface area contributed by atoms with E-state index in [0.29, 0.717) is 19.4 Å². The summed E-state index contributed by atoms with van der Waals surface area (Å²) in [5.74, 6) is -1.95. The van der Waals surface area contributed by atoms with Crippen molar-refractivity contribution in [2.45, 2.75) is 25.8 Å². The summed E-state index contributed by atoms with van der Waals surface area (Å²) in [6, 6.07) is -0.821. The van der Waals surface area contributed by atoms with Crippen LogP contribution in [0.25, 0.3) is 0 Å². The Morgan fingerprint density at radius 3 is 2.12 bits per heavy atom. The predicted molar refractivity (Wildman–Crippen MR) is 65.3 cm³/mol. The number of hydrogen-bond acceptors (Lipinski definition) is 4. The minimum absolute atomic E-state index is 0. The first kappa shape index (κ1) is 20.8. The lowest BCUT2D eigenvalue weighted by Crippen LogP contribution is -2.34. The van der Waals surface area contributed by atoms with Gasteiger partial charge in [0.25, 0.3) is 5.97 Å². The van der Waals surface area contributed by atoms with E-state index in [1.54, 1.807) is 0 Å². The fourth-order valence-corrected chi connectivity index (χ4v) is 0.669. The highest BCUT2D eigenvalue weighted by Crippen LogP contribution is 1.92. The van der Waals surface area contributed by atoms with Gasteiger partial charge in [-0.2, -0.15) is 0 Å². The van der Waals surface area contributed by atoms with Crippen molar-refractivity contribution in [1.29, 1.82) is 5.41 Å². The van der Waals surface area contributed by atoms with Crippen molar-refractivity contribution in [2.24, 2.45) is 11.5 Å². The highest BCUT2D eigenvalue weighted by Gasteiger charge is 2.09. The zero-order chi connectivity index (χ0) is 13.1. The van der Waals surface area contributed by atoms with Crippen LogP contribution >= 0.6 is 12.4 Å². The van der Waals surface area contributed by atoms with E-state index in [2.05, 4.69) is 5.32 Å². The molecule has 0 fully saturated rings. The van der Waals surface area contributed by atoms with Gasteiger partial charge in [-0.25, -0.2) is 0 Å². The van der Waals surface area contributed by atoms with Crippen molar-refractivity contribution in [1.82, 2.24) is 5.32 Å². The molecular formula is C8H19ClN4O4. The van der Waals surface area contributed by atoms with Crippen LogP contribution in [-0.2, 0) is 9.59 Å². The Balaban J connectivity index is -0.000000340. The molecule has 0 amide bonds. The fourth-order valence-electron chi connectivity index (χ4n) is 0.669. The van der Waals surface area contributed by atoms with E-state index in [9.17, 15) is 4.79 Å². The highest BCUT2D eigenvalue weighted by atomic mass is 35.5. The summed E-state index contributed by atoms with van der Waals surface area (Å²) in [5, 5.41) is 25.1. The highest BCUT2D eigenvalue weighted by molar-refractivity contribution is 5.85. The molecule has 0 saturated carbocycles. The maximum Gasteiger partial charge on any atom is 0.320 e. The van der Waals surface area contributed by atoms with Gasteiger partial charge < -0.3 is 27.0 Å². The molecule has 0 heterocycles. The van der Waals surface area contributed by atoms with Crippen molar-refractivity contribution in [3.05, 3.63) is 0 Å². The molecule has 102 valence electrons. The van der Waals surface area contributed by atoms with Crippen LogP contribution in [0.5, 0.6) is 0 Å². The maximum absolute atomic E-state index is 10.2. The Labute approximate surface area is 105 Å². The summed E-state index contributed by atoms with van der Waals surface area (Å²) >= 11 is 0. The van der Waals surface area contributed by atoms with Gasteiger partial charge >= 0.3 is 5.97 Å². The molecule has 0 aliphatic rings. The van der Waals surface area contributed by atoms with Crippen LogP contribution in [0.2, 0.25) is 0 Å². The molecule has 1 unspecified atom stereocenters. The zero-order valence-corrected chi connectivity index (χ0v) is 10.3. The molecule has 0 radical (unpaired) electrons. The minimum atomic E-state index is -1.00. The van der Waals surface area contributed by atoms with Crippen LogP contribution in [0, 0.1) is 5.41 Å². The van der Waals surface area contributed by atoms with E-state index in [4.69, 9.17) is 31.9 Å². The molecule has 0 aliphatic heterocycles. The van der Waals surface area contributed by atoms with Gasteiger partial charge in [-0.3, -0.25) is 15.0 Å². The molecule has 0 spiro atoms. The smallest absolute Gasteiger partial charge is 0.320 e. The van der Waals surface area contributed by atoms with Crippen molar-refractivity contribution in [3.63, 3.8) is 0 Å². The number of halogens is 1. The van der Waals surface area contributed by atoms with E-state index in [0.717, 1.165) is 6.92 Å². The second-order valence-corrected chi connectivity index (χ2v) is 2.95. The first-order chi connectivity index (χ1) is 7.27. The van der Waals surface area contributed by atoms with Gasteiger partial charge in [0.15, 0.2) is 5.96 Å². The Morgan fingerprint density at radius 2 is 1.82 bits per heavy atom. The van der Waals surface area contributed by atoms with Crippen LogP contribution < -0.4 is 16.8 Å². The molecule has 0 saturated heterocycles. The fraction of sp³-hybridized carbons (Fsp3) is 0.625. The lowest BCUT2D eigenvalue weighted by atomic mass is 10.2. The topological polar surface area (TPSA) is 163 Å². The third kappa shape index (κ3) is 25.1. The summed E-state index contributed by atoms with van der Waals surface area (Å²) in [7, 11) is 0. The van der Waals surface area contributed by atoms with Gasteiger partial charge in [-0.15, -0.1) is 12.4 Å². The summed E-state index contributed by atoms with van der Waals surface area (Å²) < 4.78 is 0. The molecule has 8 N–H and O–H groups in total. The Morgan fingerprint density at radius 1 is 1.41 bits per heavy atom. The van der Waals surface area contributed by atoms with Gasteiger partial charge in [-0.05, 0) is 12.8 Å². The SMILES string of the molecule is CC(=O)O.Cl.N=C(N)NCCCC(N)C(=O)O.